The second-order valence-electron chi connectivity index (χ2n) is 4.66. The van der Waals surface area contributed by atoms with Gasteiger partial charge in [0.05, 0.1) is 5.69 Å². The van der Waals surface area contributed by atoms with Crippen LogP contribution in [0.3, 0.4) is 0 Å². The van der Waals surface area contributed by atoms with Crippen LogP contribution in [0, 0.1) is 5.82 Å². The van der Waals surface area contributed by atoms with Crippen molar-refractivity contribution < 1.29 is 9.18 Å². The van der Waals surface area contributed by atoms with Crippen LogP contribution in [-0.4, -0.2) is 24.5 Å². The summed E-state index contributed by atoms with van der Waals surface area (Å²) < 4.78 is 13.4. The van der Waals surface area contributed by atoms with Crippen molar-refractivity contribution in [2.75, 3.05) is 23.8 Å². The Bertz CT molecular complexity index is 672. The molecular formula is C15H14FN3O. The molecule has 1 aromatic heterocycles. The number of carbonyl (C=O) groups is 1. The van der Waals surface area contributed by atoms with E-state index >= 15 is 0 Å². The van der Waals surface area contributed by atoms with Gasteiger partial charge in [-0.3, -0.25) is 4.79 Å². The molecule has 4 nitrogen and oxygen atoms in total. The molecule has 1 aliphatic heterocycles. The molecule has 1 amide bonds. The zero-order valence-electron chi connectivity index (χ0n) is 11.1. The number of anilines is 2. The van der Waals surface area contributed by atoms with Gasteiger partial charge in [0.1, 0.15) is 11.6 Å². The van der Waals surface area contributed by atoms with Crippen LogP contribution in [0.2, 0.25) is 0 Å². The van der Waals surface area contributed by atoms with Gasteiger partial charge in [0.25, 0.3) is 5.91 Å². The zero-order valence-corrected chi connectivity index (χ0v) is 11.1. The number of rotatable bonds is 2. The van der Waals surface area contributed by atoms with Crippen LogP contribution in [0.4, 0.5) is 15.9 Å². The lowest BCUT2D eigenvalue weighted by Gasteiger charge is -2.17. The van der Waals surface area contributed by atoms with Crippen molar-refractivity contribution in [1.29, 1.82) is 0 Å². The average molecular weight is 271 g/mol. The Labute approximate surface area is 116 Å². The van der Waals surface area contributed by atoms with Gasteiger partial charge < -0.3 is 10.2 Å². The summed E-state index contributed by atoms with van der Waals surface area (Å²) in [6.07, 6.45) is 2.34. The molecule has 0 aliphatic carbocycles. The third-order valence-corrected chi connectivity index (χ3v) is 3.45. The summed E-state index contributed by atoms with van der Waals surface area (Å²) in [5, 5.41) is 2.90. The van der Waals surface area contributed by atoms with Crippen molar-refractivity contribution in [3.05, 3.63) is 53.5 Å². The smallest absolute Gasteiger partial charge is 0.258 e. The van der Waals surface area contributed by atoms with Crippen molar-refractivity contribution in [3.63, 3.8) is 0 Å². The van der Waals surface area contributed by atoms with Crippen LogP contribution in [0.15, 0.2) is 36.5 Å². The van der Waals surface area contributed by atoms with E-state index in [4.69, 9.17) is 0 Å². The lowest BCUT2D eigenvalue weighted by Crippen LogP contribution is -2.29. The predicted octanol–water partition coefficient (Wildman–Crippen LogP) is 2.47. The Balaban J connectivity index is 1.95. The van der Waals surface area contributed by atoms with E-state index in [0.717, 1.165) is 12.0 Å². The van der Waals surface area contributed by atoms with Gasteiger partial charge in [-0.1, -0.05) is 6.07 Å². The summed E-state index contributed by atoms with van der Waals surface area (Å²) in [7, 11) is 1.75. The number of nitrogens with one attached hydrogen (secondary N) is 1. The van der Waals surface area contributed by atoms with Gasteiger partial charge >= 0.3 is 0 Å². The molecule has 0 radical (unpaired) electrons. The highest BCUT2D eigenvalue weighted by molar-refractivity contribution is 6.07. The molecule has 0 spiro atoms. The van der Waals surface area contributed by atoms with Gasteiger partial charge in [0.2, 0.25) is 0 Å². The molecule has 0 fully saturated rings. The molecule has 0 unspecified atom stereocenters. The van der Waals surface area contributed by atoms with Gasteiger partial charge in [-0.2, -0.15) is 0 Å². The number of hydrogen-bond donors (Lipinski definition) is 1. The second kappa shape index (κ2) is 4.92. The topological polar surface area (TPSA) is 45.2 Å². The van der Waals surface area contributed by atoms with Gasteiger partial charge in [-0.15, -0.1) is 0 Å². The maximum atomic E-state index is 13.4. The van der Waals surface area contributed by atoms with E-state index in [9.17, 15) is 9.18 Å². The molecule has 2 heterocycles. The molecule has 0 bridgehead atoms. The summed E-state index contributed by atoms with van der Waals surface area (Å²) in [5.41, 5.74) is 2.21. The standard InChI is InChI=1S/C15H14FN3O/c1-17-14-8-11(4-6-18-14)15(20)19-7-5-10-2-3-12(16)9-13(10)19/h2-4,6,8-9H,5,7H2,1H3,(H,17,18). The van der Waals surface area contributed by atoms with Crippen LogP contribution < -0.4 is 10.2 Å². The number of pyridine rings is 1. The monoisotopic (exact) mass is 271 g/mol. The molecule has 1 N–H and O–H groups in total. The van der Waals surface area contributed by atoms with Gasteiger partial charge in [-0.25, -0.2) is 9.37 Å². The zero-order chi connectivity index (χ0) is 14.1. The molecule has 2 aromatic rings. The first-order valence-electron chi connectivity index (χ1n) is 6.43. The van der Waals surface area contributed by atoms with Crippen molar-refractivity contribution in [1.82, 2.24) is 4.98 Å². The summed E-state index contributed by atoms with van der Waals surface area (Å²) in [4.78, 5) is 18.2. The van der Waals surface area contributed by atoms with E-state index in [1.165, 1.54) is 12.1 Å². The number of halogens is 1. The lowest BCUT2D eigenvalue weighted by atomic mass is 10.1. The fourth-order valence-corrected chi connectivity index (χ4v) is 2.42. The summed E-state index contributed by atoms with van der Waals surface area (Å²) in [5.74, 6) is 0.178. The number of amides is 1. The number of nitrogens with zero attached hydrogens (tertiary/aromatic N) is 2. The van der Waals surface area contributed by atoms with Crippen LogP contribution in [0.25, 0.3) is 0 Å². The molecule has 0 saturated carbocycles. The van der Waals surface area contributed by atoms with Crippen molar-refractivity contribution in [2.24, 2.45) is 0 Å². The number of carbonyl (C=O) groups excluding carboxylic acids is 1. The number of aromatic nitrogens is 1. The van der Waals surface area contributed by atoms with Crippen molar-refractivity contribution in [3.8, 4) is 0 Å². The highest BCUT2D eigenvalue weighted by Crippen LogP contribution is 2.30. The first-order valence-corrected chi connectivity index (χ1v) is 6.43. The van der Waals surface area contributed by atoms with E-state index in [1.807, 2.05) is 0 Å². The number of fused-ring (bicyclic) bond motifs is 1. The molecule has 5 heteroatoms. The van der Waals surface area contributed by atoms with Crippen LogP contribution in [0.5, 0.6) is 0 Å². The van der Waals surface area contributed by atoms with Gasteiger partial charge in [0.15, 0.2) is 0 Å². The Kier molecular flexibility index (Phi) is 3.10. The highest BCUT2D eigenvalue weighted by Gasteiger charge is 2.26. The first-order chi connectivity index (χ1) is 9.69. The molecule has 1 aromatic carbocycles. The molecule has 0 atom stereocenters. The SMILES string of the molecule is CNc1cc(C(=O)N2CCc3ccc(F)cc32)ccn1. The molecule has 3 rings (SSSR count). The second-order valence-corrected chi connectivity index (χ2v) is 4.66. The van der Waals surface area contributed by atoms with Gasteiger partial charge in [0, 0.05) is 25.4 Å². The lowest BCUT2D eigenvalue weighted by molar-refractivity contribution is 0.0989. The predicted molar refractivity (Wildman–Crippen MR) is 75.6 cm³/mol. The Morgan fingerprint density at radius 2 is 2.20 bits per heavy atom. The summed E-state index contributed by atoms with van der Waals surface area (Å²) in [6.45, 7) is 0.578. The molecule has 1 aliphatic rings. The fourth-order valence-electron chi connectivity index (χ4n) is 2.42. The Hall–Kier alpha value is -2.43. The molecule has 20 heavy (non-hydrogen) atoms. The van der Waals surface area contributed by atoms with Gasteiger partial charge in [-0.05, 0) is 36.2 Å². The first kappa shape index (κ1) is 12.6. The molecule has 102 valence electrons. The Morgan fingerprint density at radius 1 is 1.35 bits per heavy atom. The third kappa shape index (κ3) is 2.11. The number of benzene rings is 1. The van der Waals surface area contributed by atoms with Crippen LogP contribution >= 0.6 is 0 Å². The summed E-state index contributed by atoms with van der Waals surface area (Å²) in [6, 6.07) is 7.95. The maximum Gasteiger partial charge on any atom is 0.258 e. The van der Waals surface area contributed by atoms with E-state index in [-0.39, 0.29) is 11.7 Å². The number of hydrogen-bond acceptors (Lipinski definition) is 3. The third-order valence-electron chi connectivity index (χ3n) is 3.45. The van der Waals surface area contributed by atoms with Crippen LogP contribution in [-0.2, 0) is 6.42 Å². The maximum absolute atomic E-state index is 13.4. The van der Waals surface area contributed by atoms with E-state index < -0.39 is 0 Å². The fraction of sp³-hybridized carbons (Fsp3) is 0.200. The van der Waals surface area contributed by atoms with E-state index in [1.54, 1.807) is 36.3 Å². The quantitative estimate of drug-likeness (QED) is 0.912. The minimum absolute atomic E-state index is 0.131. The Morgan fingerprint density at radius 3 is 3.00 bits per heavy atom. The van der Waals surface area contributed by atoms with Crippen molar-refractivity contribution >= 4 is 17.4 Å². The van der Waals surface area contributed by atoms with E-state index in [0.29, 0.717) is 23.6 Å². The van der Waals surface area contributed by atoms with Crippen molar-refractivity contribution in [2.45, 2.75) is 6.42 Å². The van der Waals surface area contributed by atoms with Crippen LogP contribution in [0.1, 0.15) is 15.9 Å². The minimum atomic E-state index is -0.325. The summed E-state index contributed by atoms with van der Waals surface area (Å²) >= 11 is 0. The largest absolute Gasteiger partial charge is 0.373 e. The molecular weight excluding hydrogens is 257 g/mol. The molecule has 0 saturated heterocycles. The highest BCUT2D eigenvalue weighted by atomic mass is 19.1. The minimum Gasteiger partial charge on any atom is -0.373 e. The average Bonchev–Trinajstić information content (AvgIpc) is 2.89. The normalized spacial score (nSPS) is 13.2. The van der Waals surface area contributed by atoms with E-state index in [2.05, 4.69) is 10.3 Å².